The highest BCUT2D eigenvalue weighted by molar-refractivity contribution is 7.98. The van der Waals surface area contributed by atoms with E-state index in [1.165, 1.54) is 11.8 Å². The van der Waals surface area contributed by atoms with Gasteiger partial charge in [-0.1, -0.05) is 6.07 Å². The molecule has 0 saturated carbocycles. The zero-order chi connectivity index (χ0) is 16.9. The van der Waals surface area contributed by atoms with Crippen molar-refractivity contribution in [3.8, 4) is 11.5 Å². The van der Waals surface area contributed by atoms with Crippen LogP contribution in [-0.4, -0.2) is 30.5 Å². The molecule has 0 aliphatic carbocycles. The molecule has 0 unspecified atom stereocenters. The number of aromatic nitrogens is 1. The van der Waals surface area contributed by atoms with E-state index >= 15 is 0 Å². The zero-order valence-electron chi connectivity index (χ0n) is 13.5. The Hall–Kier alpha value is -2.41. The summed E-state index contributed by atoms with van der Waals surface area (Å²) < 4.78 is 11.2. The van der Waals surface area contributed by atoms with Gasteiger partial charge in [-0.15, -0.1) is 11.8 Å². The summed E-state index contributed by atoms with van der Waals surface area (Å²) in [4.78, 5) is 17.3. The number of amides is 2. The number of thioether (sulfide) groups is 1. The molecule has 0 bridgehead atoms. The second kappa shape index (κ2) is 7.44. The number of urea groups is 1. The average Bonchev–Trinajstić information content (AvgIpc) is 2.61. The number of nitrogens with one attached hydrogen (secondary N) is 2. The molecule has 2 amide bonds. The third kappa shape index (κ3) is 3.73. The molecule has 6 nitrogen and oxygen atoms in total. The van der Waals surface area contributed by atoms with Crippen molar-refractivity contribution < 1.29 is 14.3 Å². The Morgan fingerprint density at radius 2 is 2.04 bits per heavy atom. The molecule has 2 heterocycles. The van der Waals surface area contributed by atoms with Gasteiger partial charge in [0.15, 0.2) is 11.5 Å². The summed E-state index contributed by atoms with van der Waals surface area (Å²) in [5, 5.41) is 5.79. The first kappa shape index (κ1) is 16.4. The predicted octanol–water partition coefficient (Wildman–Crippen LogP) is 3.46. The number of rotatable bonds is 4. The fourth-order valence-electron chi connectivity index (χ4n) is 2.41. The summed E-state index contributed by atoms with van der Waals surface area (Å²) >= 11 is 1.54. The van der Waals surface area contributed by atoms with Gasteiger partial charge in [-0.3, -0.25) is 4.98 Å². The molecule has 0 fully saturated rings. The third-order valence-electron chi connectivity index (χ3n) is 3.64. The fourth-order valence-corrected chi connectivity index (χ4v) is 2.96. The minimum absolute atomic E-state index is 0.145. The normalized spacial score (nSPS) is 13.9. The van der Waals surface area contributed by atoms with Gasteiger partial charge >= 0.3 is 6.03 Å². The van der Waals surface area contributed by atoms with Crippen molar-refractivity contribution in [3.05, 3.63) is 42.2 Å². The molecule has 1 aromatic carbocycles. The molecule has 2 N–H and O–H groups in total. The molecule has 1 aliphatic heterocycles. The smallest absolute Gasteiger partial charge is 0.319 e. The maximum atomic E-state index is 12.3. The van der Waals surface area contributed by atoms with Crippen LogP contribution in [0.25, 0.3) is 0 Å². The summed E-state index contributed by atoms with van der Waals surface area (Å²) in [5.74, 6) is 1.36. The van der Waals surface area contributed by atoms with Crippen LogP contribution in [-0.2, 0) is 0 Å². The van der Waals surface area contributed by atoms with Gasteiger partial charge in [-0.2, -0.15) is 0 Å². The predicted molar refractivity (Wildman–Crippen MR) is 94.0 cm³/mol. The quantitative estimate of drug-likeness (QED) is 0.830. The largest absolute Gasteiger partial charge is 0.486 e. The van der Waals surface area contributed by atoms with Gasteiger partial charge in [0, 0.05) is 23.4 Å². The number of ether oxygens (including phenoxy) is 2. The maximum absolute atomic E-state index is 12.3. The lowest BCUT2D eigenvalue weighted by molar-refractivity contribution is 0.171. The van der Waals surface area contributed by atoms with E-state index in [9.17, 15) is 4.79 Å². The molecule has 7 heteroatoms. The summed E-state index contributed by atoms with van der Waals surface area (Å²) in [5.41, 5.74) is 1.64. The maximum Gasteiger partial charge on any atom is 0.319 e. The Balaban J connectivity index is 1.72. The lowest BCUT2D eigenvalue weighted by Crippen LogP contribution is -2.31. The van der Waals surface area contributed by atoms with Gasteiger partial charge in [0.2, 0.25) is 0 Å². The highest BCUT2D eigenvalue weighted by Crippen LogP contribution is 2.39. The number of nitrogens with zero attached hydrogens (tertiary/aromatic N) is 1. The second-order valence-electron chi connectivity index (χ2n) is 5.30. The van der Waals surface area contributed by atoms with Gasteiger partial charge in [-0.05, 0) is 30.9 Å². The highest BCUT2D eigenvalue weighted by Gasteiger charge is 2.17. The van der Waals surface area contributed by atoms with Crippen LogP contribution in [0.2, 0.25) is 0 Å². The molecule has 2 aromatic rings. The van der Waals surface area contributed by atoms with Crippen LogP contribution < -0.4 is 20.1 Å². The van der Waals surface area contributed by atoms with Crippen LogP contribution in [0.4, 0.5) is 10.5 Å². The molecule has 0 radical (unpaired) electrons. The number of anilines is 1. The van der Waals surface area contributed by atoms with Crippen LogP contribution in [0.1, 0.15) is 18.5 Å². The van der Waals surface area contributed by atoms with E-state index < -0.39 is 0 Å². The number of hydrogen-bond donors (Lipinski definition) is 2. The van der Waals surface area contributed by atoms with Crippen molar-refractivity contribution in [1.82, 2.24) is 10.3 Å². The monoisotopic (exact) mass is 345 g/mol. The first-order valence-corrected chi connectivity index (χ1v) is 8.85. The van der Waals surface area contributed by atoms with E-state index in [4.69, 9.17) is 9.47 Å². The fraction of sp³-hybridized carbons (Fsp3) is 0.294. The van der Waals surface area contributed by atoms with E-state index in [2.05, 4.69) is 15.6 Å². The lowest BCUT2D eigenvalue weighted by atomic mass is 10.1. The molecule has 0 saturated heterocycles. The third-order valence-corrected chi connectivity index (χ3v) is 4.42. The molecule has 1 atom stereocenters. The number of carbonyl (C=O) groups excluding carboxylic acids is 1. The van der Waals surface area contributed by atoms with Gasteiger partial charge in [0.25, 0.3) is 0 Å². The topological polar surface area (TPSA) is 72.5 Å². The van der Waals surface area contributed by atoms with E-state index in [0.29, 0.717) is 30.4 Å². The number of fused-ring (bicyclic) bond motifs is 1. The van der Waals surface area contributed by atoms with E-state index in [0.717, 1.165) is 10.5 Å². The molecule has 3 rings (SSSR count). The van der Waals surface area contributed by atoms with Gasteiger partial charge in [-0.25, -0.2) is 4.79 Å². The van der Waals surface area contributed by atoms with Crippen molar-refractivity contribution in [3.63, 3.8) is 0 Å². The molecule has 0 spiro atoms. The molecule has 24 heavy (non-hydrogen) atoms. The minimum atomic E-state index is -0.279. The van der Waals surface area contributed by atoms with Crippen LogP contribution in [0.3, 0.4) is 0 Å². The molecule has 1 aromatic heterocycles. The highest BCUT2D eigenvalue weighted by atomic mass is 32.2. The summed E-state index contributed by atoms with van der Waals surface area (Å²) in [6, 6.07) is 7.04. The SMILES string of the molecule is CSc1cc2c(cc1NC(=O)N[C@@H](C)c1cccnc1)OCCO2. The molecular weight excluding hydrogens is 326 g/mol. The molecule has 126 valence electrons. The van der Waals surface area contributed by atoms with Crippen LogP contribution >= 0.6 is 11.8 Å². The number of hydrogen-bond acceptors (Lipinski definition) is 5. The van der Waals surface area contributed by atoms with E-state index in [-0.39, 0.29) is 12.1 Å². The second-order valence-corrected chi connectivity index (χ2v) is 6.15. The van der Waals surface area contributed by atoms with E-state index in [1.807, 2.05) is 31.4 Å². The number of pyridine rings is 1. The summed E-state index contributed by atoms with van der Waals surface area (Å²) in [6.07, 6.45) is 5.39. The number of benzene rings is 1. The Morgan fingerprint density at radius 3 is 2.71 bits per heavy atom. The van der Waals surface area contributed by atoms with Crippen LogP contribution in [0.5, 0.6) is 11.5 Å². The Bertz CT molecular complexity index is 725. The van der Waals surface area contributed by atoms with Crippen LogP contribution in [0.15, 0.2) is 41.6 Å². The van der Waals surface area contributed by atoms with E-state index in [1.54, 1.807) is 18.5 Å². The van der Waals surface area contributed by atoms with Gasteiger partial charge < -0.3 is 20.1 Å². The van der Waals surface area contributed by atoms with Crippen molar-refractivity contribution in [2.45, 2.75) is 17.9 Å². The van der Waals surface area contributed by atoms with Crippen molar-refractivity contribution in [1.29, 1.82) is 0 Å². The Labute approximate surface area is 145 Å². The van der Waals surface area contributed by atoms with Crippen molar-refractivity contribution in [2.75, 3.05) is 24.8 Å². The molecule has 1 aliphatic rings. The average molecular weight is 345 g/mol. The van der Waals surface area contributed by atoms with Crippen molar-refractivity contribution in [2.24, 2.45) is 0 Å². The van der Waals surface area contributed by atoms with Gasteiger partial charge in [0.1, 0.15) is 13.2 Å². The Kier molecular flexibility index (Phi) is 5.10. The summed E-state index contributed by atoms with van der Waals surface area (Å²) in [7, 11) is 0. The first-order chi connectivity index (χ1) is 11.7. The lowest BCUT2D eigenvalue weighted by Gasteiger charge is -2.21. The van der Waals surface area contributed by atoms with Crippen LogP contribution in [0, 0.1) is 0 Å². The zero-order valence-corrected chi connectivity index (χ0v) is 14.4. The first-order valence-electron chi connectivity index (χ1n) is 7.62. The number of carbonyl (C=O) groups is 1. The Morgan fingerprint density at radius 1 is 1.29 bits per heavy atom. The standard InChI is InChI=1S/C17H19N3O3S/c1-11(12-4-3-5-18-10-12)19-17(21)20-13-8-14-15(9-16(13)24-2)23-7-6-22-14/h3-5,8-11H,6-7H2,1-2H3,(H2,19,20,21)/t11-/m0/s1. The van der Waals surface area contributed by atoms with Gasteiger partial charge in [0.05, 0.1) is 11.7 Å². The minimum Gasteiger partial charge on any atom is -0.486 e. The molecular formula is C17H19N3O3S. The summed E-state index contributed by atoms with van der Waals surface area (Å²) in [6.45, 7) is 2.96. The van der Waals surface area contributed by atoms with Crippen molar-refractivity contribution >= 4 is 23.5 Å².